The smallest absolute Gasteiger partial charge is 0.330 e. The van der Waals surface area contributed by atoms with Crippen LogP contribution in [0.2, 0.25) is 0 Å². The Morgan fingerprint density at radius 3 is 2.71 bits per heavy atom. The number of hydrogen-bond acceptors (Lipinski definition) is 2. The molecule has 1 rings (SSSR count). The molecule has 14 heavy (non-hydrogen) atoms. The van der Waals surface area contributed by atoms with Crippen molar-refractivity contribution in [1.29, 1.82) is 0 Å². The molecule has 0 atom stereocenters. The van der Waals surface area contributed by atoms with E-state index < -0.39 is 5.97 Å². The second kappa shape index (κ2) is 6.12. The topological polar surface area (TPSA) is 37.3 Å². The lowest BCUT2D eigenvalue weighted by atomic mass is 10.1. The Balaban J connectivity index is 2.09. The highest BCUT2D eigenvalue weighted by Gasteiger charge is 2.14. The summed E-state index contributed by atoms with van der Waals surface area (Å²) in [5.74, 6) is 2.13. The number of aliphatic carboxylic acids is 1. The number of carboxylic acids is 1. The lowest BCUT2D eigenvalue weighted by Gasteiger charge is -2.06. The third-order valence-electron chi connectivity index (χ3n) is 2.67. The van der Waals surface area contributed by atoms with Crippen molar-refractivity contribution < 1.29 is 9.90 Å². The van der Waals surface area contributed by atoms with Crippen molar-refractivity contribution >= 4 is 17.7 Å². The zero-order valence-corrected chi connectivity index (χ0v) is 9.48. The molecule has 1 saturated carbocycles. The van der Waals surface area contributed by atoms with Crippen LogP contribution < -0.4 is 0 Å². The van der Waals surface area contributed by atoms with E-state index in [4.69, 9.17) is 5.11 Å². The first-order chi connectivity index (χ1) is 6.70. The molecule has 1 fully saturated rings. The summed E-state index contributed by atoms with van der Waals surface area (Å²) in [6.07, 6.45) is 7.32. The van der Waals surface area contributed by atoms with Crippen LogP contribution >= 0.6 is 11.8 Å². The van der Waals surface area contributed by atoms with Crippen LogP contribution in [0.3, 0.4) is 0 Å². The SMILES string of the molecule is CC(=CCSCC1CCCC1)C(=O)O. The van der Waals surface area contributed by atoms with Gasteiger partial charge in [0.1, 0.15) is 0 Å². The Bertz CT molecular complexity index is 217. The largest absolute Gasteiger partial charge is 0.478 e. The molecule has 2 nitrogen and oxygen atoms in total. The molecule has 0 saturated heterocycles. The summed E-state index contributed by atoms with van der Waals surface area (Å²) >= 11 is 1.86. The van der Waals surface area contributed by atoms with E-state index in [1.807, 2.05) is 17.8 Å². The average molecular weight is 214 g/mol. The molecule has 1 aliphatic rings. The molecule has 0 aromatic rings. The summed E-state index contributed by atoms with van der Waals surface area (Å²) in [5.41, 5.74) is 0.462. The Kier molecular flexibility index (Phi) is 5.09. The Hall–Kier alpha value is -0.440. The maximum atomic E-state index is 10.5. The van der Waals surface area contributed by atoms with Crippen molar-refractivity contribution in [2.75, 3.05) is 11.5 Å². The highest BCUT2D eigenvalue weighted by molar-refractivity contribution is 7.99. The zero-order valence-electron chi connectivity index (χ0n) is 8.66. The normalized spacial score (nSPS) is 18.8. The van der Waals surface area contributed by atoms with E-state index in [0.717, 1.165) is 11.7 Å². The van der Waals surface area contributed by atoms with Crippen LogP contribution in [0.5, 0.6) is 0 Å². The fourth-order valence-corrected chi connectivity index (χ4v) is 2.85. The Morgan fingerprint density at radius 1 is 1.50 bits per heavy atom. The van der Waals surface area contributed by atoms with E-state index in [0.29, 0.717) is 5.57 Å². The molecule has 0 heterocycles. The van der Waals surface area contributed by atoms with Gasteiger partial charge >= 0.3 is 5.97 Å². The molecule has 1 aliphatic carbocycles. The third-order valence-corrected chi connectivity index (χ3v) is 3.78. The van der Waals surface area contributed by atoms with Gasteiger partial charge in [-0.2, -0.15) is 11.8 Å². The summed E-state index contributed by atoms with van der Waals surface area (Å²) in [4.78, 5) is 10.5. The van der Waals surface area contributed by atoms with Gasteiger partial charge in [0.05, 0.1) is 0 Å². The molecular weight excluding hydrogens is 196 g/mol. The molecular formula is C11H18O2S. The standard InChI is InChI=1S/C11H18O2S/c1-9(11(12)13)6-7-14-8-10-4-2-3-5-10/h6,10H,2-5,7-8H2,1H3,(H,12,13). The Morgan fingerprint density at radius 2 is 2.14 bits per heavy atom. The van der Waals surface area contributed by atoms with Crippen molar-refractivity contribution in [2.24, 2.45) is 5.92 Å². The number of carbonyl (C=O) groups is 1. The molecule has 0 radical (unpaired) electrons. The van der Waals surface area contributed by atoms with Gasteiger partial charge in [-0.25, -0.2) is 4.79 Å². The van der Waals surface area contributed by atoms with Gasteiger partial charge in [-0.3, -0.25) is 0 Å². The van der Waals surface area contributed by atoms with E-state index in [9.17, 15) is 4.79 Å². The summed E-state index contributed by atoms with van der Waals surface area (Å²) in [7, 11) is 0. The van der Waals surface area contributed by atoms with Crippen molar-refractivity contribution in [3.8, 4) is 0 Å². The maximum Gasteiger partial charge on any atom is 0.330 e. The predicted octanol–water partition coefficient (Wildman–Crippen LogP) is 2.94. The molecule has 3 heteroatoms. The predicted molar refractivity (Wildman–Crippen MR) is 60.7 cm³/mol. The van der Waals surface area contributed by atoms with E-state index >= 15 is 0 Å². The van der Waals surface area contributed by atoms with Gasteiger partial charge in [0.25, 0.3) is 0 Å². The summed E-state index contributed by atoms with van der Waals surface area (Å²) in [5, 5.41) is 8.62. The van der Waals surface area contributed by atoms with Crippen LogP contribution in [-0.4, -0.2) is 22.6 Å². The van der Waals surface area contributed by atoms with Gasteiger partial charge in [-0.15, -0.1) is 0 Å². The summed E-state index contributed by atoms with van der Waals surface area (Å²) < 4.78 is 0. The minimum atomic E-state index is -0.800. The van der Waals surface area contributed by atoms with Crippen LogP contribution in [0.15, 0.2) is 11.6 Å². The van der Waals surface area contributed by atoms with Crippen molar-refractivity contribution in [2.45, 2.75) is 32.6 Å². The van der Waals surface area contributed by atoms with E-state index in [2.05, 4.69) is 0 Å². The summed E-state index contributed by atoms with van der Waals surface area (Å²) in [6, 6.07) is 0. The molecule has 0 aromatic carbocycles. The second-order valence-electron chi connectivity index (χ2n) is 3.88. The lowest BCUT2D eigenvalue weighted by molar-refractivity contribution is -0.132. The molecule has 0 spiro atoms. The number of thioether (sulfide) groups is 1. The van der Waals surface area contributed by atoms with Gasteiger partial charge in [-0.05, 0) is 31.4 Å². The van der Waals surface area contributed by atoms with E-state index in [-0.39, 0.29) is 0 Å². The van der Waals surface area contributed by atoms with Gasteiger partial charge in [0, 0.05) is 11.3 Å². The molecule has 0 amide bonds. The van der Waals surface area contributed by atoms with Crippen LogP contribution in [-0.2, 0) is 4.79 Å². The van der Waals surface area contributed by atoms with Gasteiger partial charge < -0.3 is 5.11 Å². The number of carboxylic acid groups (broad SMARTS) is 1. The van der Waals surface area contributed by atoms with Crippen molar-refractivity contribution in [1.82, 2.24) is 0 Å². The maximum absolute atomic E-state index is 10.5. The fraction of sp³-hybridized carbons (Fsp3) is 0.727. The molecule has 0 aliphatic heterocycles. The fourth-order valence-electron chi connectivity index (χ4n) is 1.68. The average Bonchev–Trinajstić information content (AvgIpc) is 2.64. The molecule has 0 unspecified atom stereocenters. The molecule has 0 aromatic heterocycles. The summed E-state index contributed by atoms with van der Waals surface area (Å²) in [6.45, 7) is 1.65. The zero-order chi connectivity index (χ0) is 10.4. The van der Waals surface area contributed by atoms with Crippen LogP contribution in [0, 0.1) is 5.92 Å². The quantitative estimate of drug-likeness (QED) is 0.565. The Labute approximate surface area is 89.8 Å². The van der Waals surface area contributed by atoms with Crippen LogP contribution in [0.4, 0.5) is 0 Å². The van der Waals surface area contributed by atoms with E-state index in [1.54, 1.807) is 6.92 Å². The van der Waals surface area contributed by atoms with Crippen molar-refractivity contribution in [3.05, 3.63) is 11.6 Å². The second-order valence-corrected chi connectivity index (χ2v) is 4.96. The molecule has 1 N–H and O–H groups in total. The van der Waals surface area contributed by atoms with Crippen molar-refractivity contribution in [3.63, 3.8) is 0 Å². The first-order valence-electron chi connectivity index (χ1n) is 5.18. The lowest BCUT2D eigenvalue weighted by Crippen LogP contribution is -1.99. The minimum Gasteiger partial charge on any atom is -0.478 e. The highest BCUT2D eigenvalue weighted by atomic mass is 32.2. The minimum absolute atomic E-state index is 0.462. The van der Waals surface area contributed by atoms with Crippen LogP contribution in [0.25, 0.3) is 0 Å². The van der Waals surface area contributed by atoms with E-state index in [1.165, 1.54) is 31.4 Å². The molecule has 0 bridgehead atoms. The number of hydrogen-bond donors (Lipinski definition) is 1. The third kappa shape index (κ3) is 4.18. The molecule has 80 valence electrons. The first-order valence-corrected chi connectivity index (χ1v) is 6.33. The number of rotatable bonds is 5. The first kappa shape index (κ1) is 11.6. The highest BCUT2D eigenvalue weighted by Crippen LogP contribution is 2.27. The van der Waals surface area contributed by atoms with Crippen LogP contribution in [0.1, 0.15) is 32.6 Å². The van der Waals surface area contributed by atoms with Gasteiger partial charge in [0.2, 0.25) is 0 Å². The van der Waals surface area contributed by atoms with Gasteiger partial charge in [0.15, 0.2) is 0 Å². The van der Waals surface area contributed by atoms with Gasteiger partial charge in [-0.1, -0.05) is 18.9 Å². The monoisotopic (exact) mass is 214 g/mol.